The van der Waals surface area contributed by atoms with Crippen molar-refractivity contribution in [1.82, 2.24) is 9.88 Å². The maximum absolute atomic E-state index is 12.5. The third-order valence-electron chi connectivity index (χ3n) is 4.91. The van der Waals surface area contributed by atoms with E-state index < -0.39 is 0 Å². The highest BCUT2D eigenvalue weighted by molar-refractivity contribution is 7.18. The normalized spacial score (nSPS) is 17.4. The van der Waals surface area contributed by atoms with Gasteiger partial charge in [0.1, 0.15) is 6.07 Å². The van der Waals surface area contributed by atoms with Gasteiger partial charge < -0.3 is 5.32 Å². The molecule has 2 heterocycles. The molecular weight excluding hydrogens is 392 g/mol. The van der Waals surface area contributed by atoms with E-state index in [4.69, 9.17) is 16.6 Å². The van der Waals surface area contributed by atoms with Gasteiger partial charge >= 0.3 is 0 Å². The first-order chi connectivity index (χ1) is 13.6. The van der Waals surface area contributed by atoms with Gasteiger partial charge in [0.05, 0.1) is 33.0 Å². The van der Waals surface area contributed by atoms with E-state index in [-0.39, 0.29) is 5.91 Å². The molecule has 0 bridgehead atoms. The van der Waals surface area contributed by atoms with E-state index in [2.05, 4.69) is 22.4 Å². The van der Waals surface area contributed by atoms with Crippen LogP contribution >= 0.6 is 22.9 Å². The lowest BCUT2D eigenvalue weighted by molar-refractivity contribution is -0.117. The smallest absolute Gasteiger partial charge is 0.238 e. The molecule has 1 atom stereocenters. The van der Waals surface area contributed by atoms with E-state index in [1.165, 1.54) is 4.70 Å². The van der Waals surface area contributed by atoms with Gasteiger partial charge in [-0.15, -0.1) is 11.3 Å². The van der Waals surface area contributed by atoms with Crippen molar-refractivity contribution >= 4 is 44.7 Å². The molecule has 0 aliphatic carbocycles. The predicted octanol–water partition coefficient (Wildman–Crippen LogP) is 4.64. The Morgan fingerprint density at radius 1 is 1.36 bits per heavy atom. The first-order valence-corrected chi connectivity index (χ1v) is 10.4. The third kappa shape index (κ3) is 4.17. The van der Waals surface area contributed by atoms with E-state index in [0.29, 0.717) is 28.7 Å². The van der Waals surface area contributed by atoms with Gasteiger partial charge in [-0.05, 0) is 49.7 Å². The highest BCUT2D eigenvalue weighted by Crippen LogP contribution is 2.33. The number of benzene rings is 2. The van der Waals surface area contributed by atoms with Crippen LogP contribution in [0.3, 0.4) is 0 Å². The minimum Gasteiger partial charge on any atom is -0.324 e. The molecule has 1 aliphatic rings. The van der Waals surface area contributed by atoms with Gasteiger partial charge in [-0.2, -0.15) is 5.26 Å². The van der Waals surface area contributed by atoms with Crippen LogP contribution in [0.2, 0.25) is 5.02 Å². The first-order valence-electron chi connectivity index (χ1n) is 9.19. The second-order valence-corrected chi connectivity index (χ2v) is 8.44. The minimum atomic E-state index is -0.135. The topological polar surface area (TPSA) is 69.0 Å². The molecule has 1 N–H and O–H groups in total. The van der Waals surface area contributed by atoms with Crippen LogP contribution in [0.15, 0.2) is 42.5 Å². The molecule has 0 saturated carbocycles. The van der Waals surface area contributed by atoms with Gasteiger partial charge in [0.15, 0.2) is 0 Å². The van der Waals surface area contributed by atoms with Gasteiger partial charge in [-0.3, -0.25) is 9.69 Å². The van der Waals surface area contributed by atoms with Crippen molar-refractivity contribution in [3.8, 4) is 6.07 Å². The Balaban J connectivity index is 1.42. The highest BCUT2D eigenvalue weighted by atomic mass is 35.5. The second kappa shape index (κ2) is 8.27. The number of halogens is 1. The van der Waals surface area contributed by atoms with E-state index in [1.54, 1.807) is 29.5 Å². The number of nitriles is 1. The van der Waals surface area contributed by atoms with Crippen molar-refractivity contribution in [2.45, 2.75) is 18.8 Å². The first kappa shape index (κ1) is 18.9. The number of fused-ring (bicyclic) bond motifs is 1. The molecule has 7 heteroatoms. The molecule has 4 rings (SSSR count). The molecule has 1 saturated heterocycles. The number of carbonyl (C=O) groups is 1. The average molecular weight is 411 g/mol. The summed E-state index contributed by atoms with van der Waals surface area (Å²) in [6, 6.07) is 15.1. The van der Waals surface area contributed by atoms with Crippen molar-refractivity contribution in [3.05, 3.63) is 58.1 Å². The maximum Gasteiger partial charge on any atom is 0.238 e. The Bertz CT molecular complexity index is 1020. The SMILES string of the molecule is N#Cc1ccc(Cl)cc1NC(=O)CN1CCC[C@@H](c2nc3ccccc3s2)C1. The molecule has 1 aromatic heterocycles. The van der Waals surface area contributed by atoms with Crippen LogP contribution in [0.4, 0.5) is 5.69 Å². The number of nitrogens with zero attached hydrogens (tertiary/aromatic N) is 3. The molecule has 142 valence electrons. The third-order valence-corrected chi connectivity index (χ3v) is 6.34. The number of likely N-dealkylation sites (tertiary alicyclic amines) is 1. The molecule has 0 spiro atoms. The molecule has 3 aromatic rings. The van der Waals surface area contributed by atoms with Crippen LogP contribution in [0, 0.1) is 11.3 Å². The summed E-state index contributed by atoms with van der Waals surface area (Å²) in [4.78, 5) is 19.5. The molecule has 28 heavy (non-hydrogen) atoms. The standard InChI is InChI=1S/C21H19ClN4OS/c22-16-8-7-14(11-23)18(10-16)24-20(27)13-26-9-3-4-15(12-26)21-25-17-5-1-2-6-19(17)28-21/h1-2,5-8,10,15H,3-4,9,12-13H2,(H,24,27)/t15-/m1/s1. The summed E-state index contributed by atoms with van der Waals surface area (Å²) in [7, 11) is 0. The quantitative estimate of drug-likeness (QED) is 0.680. The number of hydrogen-bond donors (Lipinski definition) is 1. The summed E-state index contributed by atoms with van der Waals surface area (Å²) in [6.45, 7) is 1.99. The molecule has 2 aromatic carbocycles. The van der Waals surface area contributed by atoms with Gasteiger partial charge in [0.25, 0.3) is 0 Å². The Morgan fingerprint density at radius 2 is 2.21 bits per heavy atom. The van der Waals surface area contributed by atoms with Gasteiger partial charge in [0.2, 0.25) is 5.91 Å². The summed E-state index contributed by atoms with van der Waals surface area (Å²) in [5.74, 6) is 0.212. The average Bonchev–Trinajstić information content (AvgIpc) is 3.13. The lowest BCUT2D eigenvalue weighted by atomic mass is 9.99. The zero-order valence-corrected chi connectivity index (χ0v) is 16.8. The minimum absolute atomic E-state index is 0.135. The van der Waals surface area contributed by atoms with Crippen LogP contribution in [0.25, 0.3) is 10.2 Å². The fourth-order valence-corrected chi connectivity index (χ4v) is 4.84. The molecular formula is C21H19ClN4OS. The summed E-state index contributed by atoms with van der Waals surface area (Å²) in [5.41, 5.74) is 1.91. The number of thiazole rings is 1. The highest BCUT2D eigenvalue weighted by Gasteiger charge is 2.25. The predicted molar refractivity (Wildman–Crippen MR) is 113 cm³/mol. The number of amides is 1. The molecule has 5 nitrogen and oxygen atoms in total. The summed E-state index contributed by atoms with van der Waals surface area (Å²) in [6.07, 6.45) is 2.12. The lowest BCUT2D eigenvalue weighted by Crippen LogP contribution is -2.39. The van der Waals surface area contributed by atoms with Crippen molar-refractivity contribution < 1.29 is 4.79 Å². The fraction of sp³-hybridized carbons (Fsp3) is 0.286. The molecule has 0 unspecified atom stereocenters. The zero-order valence-electron chi connectivity index (χ0n) is 15.2. The number of hydrogen-bond acceptors (Lipinski definition) is 5. The number of aromatic nitrogens is 1. The number of rotatable bonds is 4. The van der Waals surface area contributed by atoms with Gasteiger partial charge in [-0.1, -0.05) is 23.7 Å². The van der Waals surface area contributed by atoms with Crippen LogP contribution in [-0.4, -0.2) is 35.4 Å². The van der Waals surface area contributed by atoms with Crippen LogP contribution in [0.1, 0.15) is 29.3 Å². The second-order valence-electron chi connectivity index (χ2n) is 6.94. The fourth-order valence-electron chi connectivity index (χ4n) is 3.58. The molecule has 0 radical (unpaired) electrons. The Kier molecular flexibility index (Phi) is 5.58. The number of nitrogens with one attached hydrogen (secondary N) is 1. The Morgan fingerprint density at radius 3 is 3.04 bits per heavy atom. The van der Waals surface area contributed by atoms with Crippen molar-refractivity contribution in [2.75, 3.05) is 25.0 Å². The van der Waals surface area contributed by atoms with Crippen molar-refractivity contribution in [1.29, 1.82) is 5.26 Å². The monoisotopic (exact) mass is 410 g/mol. The number of piperidine rings is 1. The van der Waals surface area contributed by atoms with E-state index in [1.807, 2.05) is 18.2 Å². The van der Waals surface area contributed by atoms with Crippen LogP contribution in [-0.2, 0) is 4.79 Å². The Hall–Kier alpha value is -2.46. The number of para-hydroxylation sites is 1. The lowest BCUT2D eigenvalue weighted by Gasteiger charge is -2.31. The van der Waals surface area contributed by atoms with Gasteiger partial charge in [-0.25, -0.2) is 4.98 Å². The van der Waals surface area contributed by atoms with E-state index in [0.717, 1.165) is 36.5 Å². The van der Waals surface area contributed by atoms with Crippen molar-refractivity contribution in [2.24, 2.45) is 0 Å². The molecule has 1 fully saturated rings. The Labute approximate surface area is 172 Å². The summed E-state index contributed by atoms with van der Waals surface area (Å²) >= 11 is 7.74. The molecule has 1 aliphatic heterocycles. The van der Waals surface area contributed by atoms with E-state index in [9.17, 15) is 10.1 Å². The number of carbonyl (C=O) groups excluding carboxylic acids is 1. The molecule has 1 amide bonds. The van der Waals surface area contributed by atoms with Gasteiger partial charge in [0, 0.05) is 17.5 Å². The zero-order chi connectivity index (χ0) is 19.5. The van der Waals surface area contributed by atoms with Crippen LogP contribution < -0.4 is 5.32 Å². The van der Waals surface area contributed by atoms with Crippen LogP contribution in [0.5, 0.6) is 0 Å². The number of anilines is 1. The maximum atomic E-state index is 12.5. The summed E-state index contributed by atoms with van der Waals surface area (Å²) < 4.78 is 1.21. The van der Waals surface area contributed by atoms with Crippen molar-refractivity contribution in [3.63, 3.8) is 0 Å². The largest absolute Gasteiger partial charge is 0.324 e. The summed E-state index contributed by atoms with van der Waals surface area (Å²) in [5, 5.41) is 13.7. The van der Waals surface area contributed by atoms with E-state index >= 15 is 0 Å².